The normalized spacial score (nSPS) is 11.9. The van der Waals surface area contributed by atoms with Crippen LogP contribution in [0.1, 0.15) is 29.0 Å². The van der Waals surface area contributed by atoms with Crippen molar-refractivity contribution in [2.75, 3.05) is 0 Å². The summed E-state index contributed by atoms with van der Waals surface area (Å²) in [6.07, 6.45) is 0. The molecule has 1 amide bonds. The van der Waals surface area contributed by atoms with E-state index in [1.807, 2.05) is 18.2 Å². The number of aromatic nitrogens is 1. The second-order valence-electron chi connectivity index (χ2n) is 4.06. The third kappa shape index (κ3) is 3.29. The molecule has 1 N–H and O–H groups in total. The van der Waals surface area contributed by atoms with Crippen LogP contribution in [-0.2, 0) is 0 Å². The number of rotatable bonds is 3. The molecular formula is C14H12ClFN2O. The molecule has 1 unspecified atom stereocenters. The van der Waals surface area contributed by atoms with Gasteiger partial charge in [0.15, 0.2) is 0 Å². The molecule has 2 rings (SSSR count). The molecule has 0 spiro atoms. The Morgan fingerprint density at radius 3 is 2.68 bits per heavy atom. The SMILES string of the molecule is CC(NC(=O)c1cccc(F)n1)c1ccccc1Cl. The summed E-state index contributed by atoms with van der Waals surface area (Å²) in [6.45, 7) is 1.80. The molecule has 3 nitrogen and oxygen atoms in total. The van der Waals surface area contributed by atoms with E-state index >= 15 is 0 Å². The van der Waals surface area contributed by atoms with Crippen LogP contribution < -0.4 is 5.32 Å². The first kappa shape index (κ1) is 13.5. The van der Waals surface area contributed by atoms with Crippen molar-refractivity contribution in [1.82, 2.24) is 10.3 Å². The molecule has 1 atom stereocenters. The standard InChI is InChI=1S/C14H12ClFN2O/c1-9(10-5-2-3-6-11(10)15)17-14(19)12-7-4-8-13(16)18-12/h2-9H,1H3,(H,17,19). The number of nitrogens with zero attached hydrogens (tertiary/aromatic N) is 1. The molecule has 1 aromatic heterocycles. The lowest BCUT2D eigenvalue weighted by Gasteiger charge is -2.15. The number of carbonyl (C=O) groups excluding carboxylic acids is 1. The molecular weight excluding hydrogens is 267 g/mol. The summed E-state index contributed by atoms with van der Waals surface area (Å²) in [6, 6.07) is 11.0. The van der Waals surface area contributed by atoms with E-state index in [0.717, 1.165) is 5.56 Å². The fraction of sp³-hybridized carbons (Fsp3) is 0.143. The van der Waals surface area contributed by atoms with Crippen LogP contribution in [0.5, 0.6) is 0 Å². The van der Waals surface area contributed by atoms with E-state index in [1.54, 1.807) is 13.0 Å². The number of nitrogens with one attached hydrogen (secondary N) is 1. The van der Waals surface area contributed by atoms with Crippen molar-refractivity contribution in [3.8, 4) is 0 Å². The maximum Gasteiger partial charge on any atom is 0.270 e. The van der Waals surface area contributed by atoms with E-state index in [1.165, 1.54) is 18.2 Å². The van der Waals surface area contributed by atoms with Crippen LogP contribution in [0, 0.1) is 5.95 Å². The lowest BCUT2D eigenvalue weighted by Crippen LogP contribution is -2.27. The van der Waals surface area contributed by atoms with Gasteiger partial charge in [-0.1, -0.05) is 35.9 Å². The average molecular weight is 279 g/mol. The van der Waals surface area contributed by atoms with E-state index in [4.69, 9.17) is 11.6 Å². The first-order valence-electron chi connectivity index (χ1n) is 5.76. The molecule has 0 saturated heterocycles. The average Bonchev–Trinajstić information content (AvgIpc) is 2.39. The Bertz CT molecular complexity index is 604. The summed E-state index contributed by atoms with van der Waals surface area (Å²) in [5, 5.41) is 3.30. The van der Waals surface area contributed by atoms with Gasteiger partial charge >= 0.3 is 0 Å². The van der Waals surface area contributed by atoms with Crippen LogP contribution in [0.2, 0.25) is 5.02 Å². The van der Waals surface area contributed by atoms with Crippen LogP contribution in [0.15, 0.2) is 42.5 Å². The highest BCUT2D eigenvalue weighted by molar-refractivity contribution is 6.31. The van der Waals surface area contributed by atoms with E-state index < -0.39 is 11.9 Å². The molecule has 2 aromatic rings. The molecule has 1 heterocycles. The molecule has 0 aliphatic heterocycles. The van der Waals surface area contributed by atoms with E-state index in [-0.39, 0.29) is 11.7 Å². The topological polar surface area (TPSA) is 42.0 Å². The fourth-order valence-corrected chi connectivity index (χ4v) is 2.01. The predicted octanol–water partition coefficient (Wildman–Crippen LogP) is 3.37. The Labute approximate surface area is 115 Å². The summed E-state index contributed by atoms with van der Waals surface area (Å²) >= 11 is 6.05. The van der Waals surface area contributed by atoms with Gasteiger partial charge in [0.2, 0.25) is 5.95 Å². The lowest BCUT2D eigenvalue weighted by atomic mass is 10.1. The monoisotopic (exact) mass is 278 g/mol. The third-order valence-corrected chi connectivity index (χ3v) is 3.01. The van der Waals surface area contributed by atoms with Crippen molar-refractivity contribution in [2.24, 2.45) is 0 Å². The largest absolute Gasteiger partial charge is 0.344 e. The molecule has 0 bridgehead atoms. The maximum atomic E-state index is 12.9. The Hall–Kier alpha value is -1.94. The fourth-order valence-electron chi connectivity index (χ4n) is 1.71. The van der Waals surface area contributed by atoms with Crippen LogP contribution >= 0.6 is 11.6 Å². The van der Waals surface area contributed by atoms with Gasteiger partial charge in [0, 0.05) is 5.02 Å². The van der Waals surface area contributed by atoms with Crippen molar-refractivity contribution in [3.05, 3.63) is 64.7 Å². The molecule has 0 radical (unpaired) electrons. The maximum absolute atomic E-state index is 12.9. The quantitative estimate of drug-likeness (QED) is 0.875. The molecule has 1 aromatic carbocycles. The number of halogens is 2. The third-order valence-electron chi connectivity index (χ3n) is 2.67. The summed E-state index contributed by atoms with van der Waals surface area (Å²) in [5.74, 6) is -1.12. The summed E-state index contributed by atoms with van der Waals surface area (Å²) in [7, 11) is 0. The van der Waals surface area contributed by atoms with E-state index in [2.05, 4.69) is 10.3 Å². The van der Waals surface area contributed by atoms with Crippen molar-refractivity contribution in [3.63, 3.8) is 0 Å². The Balaban J connectivity index is 2.13. The van der Waals surface area contributed by atoms with Gasteiger partial charge in [-0.05, 0) is 30.7 Å². The van der Waals surface area contributed by atoms with Gasteiger partial charge in [-0.2, -0.15) is 4.39 Å². The molecule has 0 fully saturated rings. The van der Waals surface area contributed by atoms with Crippen molar-refractivity contribution < 1.29 is 9.18 Å². The van der Waals surface area contributed by atoms with Crippen molar-refractivity contribution >= 4 is 17.5 Å². The highest BCUT2D eigenvalue weighted by Crippen LogP contribution is 2.22. The molecule has 0 saturated carbocycles. The van der Waals surface area contributed by atoms with Crippen molar-refractivity contribution in [2.45, 2.75) is 13.0 Å². The summed E-state index contributed by atoms with van der Waals surface area (Å²) in [5.41, 5.74) is 0.841. The minimum atomic E-state index is -0.682. The summed E-state index contributed by atoms with van der Waals surface area (Å²) in [4.78, 5) is 15.4. The zero-order chi connectivity index (χ0) is 13.8. The zero-order valence-electron chi connectivity index (χ0n) is 10.2. The first-order chi connectivity index (χ1) is 9.08. The van der Waals surface area contributed by atoms with Crippen LogP contribution in [-0.4, -0.2) is 10.9 Å². The number of hydrogen-bond donors (Lipinski definition) is 1. The van der Waals surface area contributed by atoms with Gasteiger partial charge in [0.05, 0.1) is 6.04 Å². The minimum absolute atomic E-state index is 0.0407. The number of benzene rings is 1. The molecule has 98 valence electrons. The molecule has 19 heavy (non-hydrogen) atoms. The number of amides is 1. The smallest absolute Gasteiger partial charge is 0.270 e. The van der Waals surface area contributed by atoms with E-state index in [9.17, 15) is 9.18 Å². The number of pyridine rings is 1. The predicted molar refractivity (Wildman–Crippen MR) is 71.5 cm³/mol. The van der Waals surface area contributed by atoms with Crippen LogP contribution in [0.25, 0.3) is 0 Å². The van der Waals surface area contributed by atoms with Gasteiger partial charge in [0.1, 0.15) is 5.69 Å². The van der Waals surface area contributed by atoms with Gasteiger partial charge in [0.25, 0.3) is 5.91 Å². The Morgan fingerprint density at radius 1 is 1.26 bits per heavy atom. The molecule has 5 heteroatoms. The van der Waals surface area contributed by atoms with Crippen LogP contribution in [0.3, 0.4) is 0 Å². The first-order valence-corrected chi connectivity index (χ1v) is 6.13. The highest BCUT2D eigenvalue weighted by atomic mass is 35.5. The highest BCUT2D eigenvalue weighted by Gasteiger charge is 2.14. The number of hydrogen-bond acceptors (Lipinski definition) is 2. The lowest BCUT2D eigenvalue weighted by molar-refractivity contribution is 0.0933. The van der Waals surface area contributed by atoms with Gasteiger partial charge < -0.3 is 5.32 Å². The van der Waals surface area contributed by atoms with Crippen LogP contribution in [0.4, 0.5) is 4.39 Å². The zero-order valence-corrected chi connectivity index (χ0v) is 11.0. The van der Waals surface area contributed by atoms with E-state index in [0.29, 0.717) is 5.02 Å². The Morgan fingerprint density at radius 2 is 2.00 bits per heavy atom. The Kier molecular flexibility index (Phi) is 4.12. The molecule has 0 aliphatic rings. The second-order valence-corrected chi connectivity index (χ2v) is 4.47. The minimum Gasteiger partial charge on any atom is -0.344 e. The van der Waals surface area contributed by atoms with Gasteiger partial charge in [-0.25, -0.2) is 4.98 Å². The summed E-state index contributed by atoms with van der Waals surface area (Å²) < 4.78 is 12.9. The van der Waals surface area contributed by atoms with Crippen molar-refractivity contribution in [1.29, 1.82) is 0 Å². The van der Waals surface area contributed by atoms with Gasteiger partial charge in [-0.15, -0.1) is 0 Å². The number of carbonyl (C=O) groups is 1. The second kappa shape index (κ2) is 5.80. The van der Waals surface area contributed by atoms with Gasteiger partial charge in [-0.3, -0.25) is 4.79 Å². The molecule has 0 aliphatic carbocycles.